The van der Waals surface area contributed by atoms with Crippen LogP contribution in [-0.2, 0) is 19.0 Å². The van der Waals surface area contributed by atoms with Gasteiger partial charge in [-0.1, -0.05) is 42.5 Å². The van der Waals surface area contributed by atoms with Crippen LogP contribution < -0.4 is 0 Å². The van der Waals surface area contributed by atoms with Gasteiger partial charge in [-0.05, 0) is 58.9 Å². The third-order valence-corrected chi connectivity index (χ3v) is 5.22. The van der Waals surface area contributed by atoms with Crippen molar-refractivity contribution in [3.63, 3.8) is 0 Å². The van der Waals surface area contributed by atoms with E-state index in [1.807, 2.05) is 0 Å². The van der Waals surface area contributed by atoms with Crippen LogP contribution in [0.2, 0.25) is 0 Å². The maximum absolute atomic E-state index is 2.89. The maximum atomic E-state index is 2.89. The molecule has 1 aliphatic rings. The molecule has 2 aromatic rings. The van der Waals surface area contributed by atoms with Crippen LogP contribution in [0.15, 0.2) is 42.5 Å². The molecule has 0 aromatic heterocycles. The fourth-order valence-electron chi connectivity index (χ4n) is 2.89. The lowest BCUT2D eigenvalue weighted by Crippen LogP contribution is -1.99. The van der Waals surface area contributed by atoms with Crippen molar-refractivity contribution >= 4 is 18.5 Å². The summed E-state index contributed by atoms with van der Waals surface area (Å²) < 4.78 is 0. The van der Waals surface area contributed by atoms with Crippen LogP contribution in [0.25, 0.3) is 11.1 Å². The van der Waals surface area contributed by atoms with Gasteiger partial charge in [0.05, 0.1) is 0 Å². The Kier molecular flexibility index (Phi) is 4.01. The predicted octanol–water partition coefficient (Wildman–Crippen LogP) is 4.32. The highest BCUT2D eigenvalue weighted by atomic mass is 31.0. The van der Waals surface area contributed by atoms with Gasteiger partial charge >= 0.3 is 0 Å². The van der Waals surface area contributed by atoms with Crippen LogP contribution >= 0.6 is 18.5 Å². The van der Waals surface area contributed by atoms with Gasteiger partial charge in [0.1, 0.15) is 0 Å². The van der Waals surface area contributed by atoms with Gasteiger partial charge in [-0.25, -0.2) is 0 Å². The molecule has 0 fully saturated rings. The molecule has 0 bridgehead atoms. The van der Waals surface area contributed by atoms with E-state index in [1.54, 1.807) is 11.1 Å². The lowest BCUT2D eigenvalue weighted by molar-refractivity contribution is 0.639. The quantitative estimate of drug-likeness (QED) is 0.737. The van der Waals surface area contributed by atoms with E-state index in [0.717, 1.165) is 12.1 Å². The summed E-state index contributed by atoms with van der Waals surface area (Å²) in [4.78, 5) is 0. The van der Waals surface area contributed by atoms with Gasteiger partial charge in [-0.15, -0.1) is 18.5 Å². The van der Waals surface area contributed by atoms with Gasteiger partial charge < -0.3 is 0 Å². The second-order valence-electron chi connectivity index (χ2n) is 5.39. The minimum Gasteiger partial charge on any atom is -0.137 e. The van der Waals surface area contributed by atoms with Crippen LogP contribution in [-0.4, -0.2) is 6.16 Å². The standard InChI is InChI=1S/C17H20P2/c18-10-12-1-3-14(4-2-12)16-6-5-15-7-13(11-19)8-17(15)9-16/h1-6,9,13H,7-8,10-11,18-19H2. The Bertz CT molecular complexity index is 572. The molecule has 2 aromatic carbocycles. The first-order chi connectivity index (χ1) is 9.30. The molecule has 0 nitrogen and oxygen atoms in total. The number of rotatable bonds is 3. The van der Waals surface area contributed by atoms with Crippen LogP contribution in [0.3, 0.4) is 0 Å². The maximum Gasteiger partial charge on any atom is -0.0128 e. The molecule has 0 radical (unpaired) electrons. The van der Waals surface area contributed by atoms with Gasteiger partial charge in [-0.2, -0.15) is 0 Å². The molecule has 0 heterocycles. The van der Waals surface area contributed by atoms with E-state index in [2.05, 4.69) is 60.9 Å². The summed E-state index contributed by atoms with van der Waals surface area (Å²) >= 11 is 0. The van der Waals surface area contributed by atoms with Gasteiger partial charge in [0, 0.05) is 0 Å². The molecule has 0 aliphatic heterocycles. The summed E-state index contributed by atoms with van der Waals surface area (Å²) in [5, 5.41) is 0. The zero-order valence-electron chi connectivity index (χ0n) is 11.1. The highest BCUT2D eigenvalue weighted by molar-refractivity contribution is 7.16. The third kappa shape index (κ3) is 2.76. The minimum atomic E-state index is 0.828. The van der Waals surface area contributed by atoms with Crippen molar-refractivity contribution in [1.82, 2.24) is 0 Å². The largest absolute Gasteiger partial charge is 0.137 e. The lowest BCUT2D eigenvalue weighted by Gasteiger charge is -2.06. The Balaban J connectivity index is 1.90. The monoisotopic (exact) mass is 286 g/mol. The third-order valence-electron chi connectivity index (χ3n) is 4.08. The Labute approximate surface area is 120 Å². The first kappa shape index (κ1) is 13.3. The van der Waals surface area contributed by atoms with Crippen molar-refractivity contribution in [2.75, 3.05) is 6.16 Å². The Hall–Kier alpha value is -0.700. The average molecular weight is 286 g/mol. The van der Waals surface area contributed by atoms with Crippen LogP contribution in [0, 0.1) is 5.92 Å². The molecule has 3 rings (SSSR count). The van der Waals surface area contributed by atoms with E-state index in [0.29, 0.717) is 0 Å². The van der Waals surface area contributed by atoms with E-state index in [4.69, 9.17) is 0 Å². The molecule has 0 saturated carbocycles. The summed E-state index contributed by atoms with van der Waals surface area (Å²) in [5.74, 6) is 0.828. The average Bonchev–Trinajstić information content (AvgIpc) is 2.89. The highest BCUT2D eigenvalue weighted by Crippen LogP contribution is 2.31. The SMILES string of the molecule is PCc1ccc(-c2ccc3c(c2)CC(CP)C3)cc1. The van der Waals surface area contributed by atoms with Crippen LogP contribution in [0.4, 0.5) is 0 Å². The van der Waals surface area contributed by atoms with Gasteiger partial charge in [0.25, 0.3) is 0 Å². The molecular weight excluding hydrogens is 266 g/mol. The van der Waals surface area contributed by atoms with Crippen molar-refractivity contribution in [2.24, 2.45) is 5.92 Å². The van der Waals surface area contributed by atoms with Gasteiger partial charge in [0.15, 0.2) is 0 Å². The molecular formula is C17H20P2. The second-order valence-corrected chi connectivity index (χ2v) is 6.27. The predicted molar refractivity (Wildman–Crippen MR) is 90.8 cm³/mol. The zero-order valence-corrected chi connectivity index (χ0v) is 13.4. The number of hydrogen-bond donors (Lipinski definition) is 0. The fourth-order valence-corrected chi connectivity index (χ4v) is 3.49. The molecule has 3 unspecified atom stereocenters. The smallest absolute Gasteiger partial charge is 0.0128 e. The van der Waals surface area contributed by atoms with Gasteiger partial charge in [-0.3, -0.25) is 0 Å². The molecule has 0 saturated heterocycles. The highest BCUT2D eigenvalue weighted by Gasteiger charge is 2.20. The molecule has 0 amide bonds. The van der Waals surface area contributed by atoms with Crippen LogP contribution in [0.1, 0.15) is 16.7 Å². The summed E-state index contributed by atoms with van der Waals surface area (Å²) in [7, 11) is 5.66. The first-order valence-corrected chi connectivity index (χ1v) is 8.54. The van der Waals surface area contributed by atoms with Crippen LogP contribution in [0.5, 0.6) is 0 Å². The normalized spacial score (nSPS) is 17.5. The second kappa shape index (κ2) is 5.74. The van der Waals surface area contributed by atoms with E-state index in [1.165, 1.54) is 35.7 Å². The van der Waals surface area contributed by atoms with Gasteiger partial charge in [0.2, 0.25) is 0 Å². The molecule has 98 valence electrons. The number of fused-ring (bicyclic) bond motifs is 1. The Morgan fingerprint density at radius 2 is 1.53 bits per heavy atom. The summed E-state index contributed by atoms with van der Waals surface area (Å²) in [5.41, 5.74) is 7.17. The molecule has 19 heavy (non-hydrogen) atoms. The van der Waals surface area contributed by atoms with E-state index in [9.17, 15) is 0 Å². The first-order valence-electron chi connectivity index (χ1n) is 6.91. The molecule has 0 N–H and O–H groups in total. The topological polar surface area (TPSA) is 0 Å². The summed E-state index contributed by atoms with van der Waals surface area (Å²) in [6.07, 6.45) is 4.74. The van der Waals surface area contributed by atoms with Crippen molar-refractivity contribution in [2.45, 2.75) is 19.0 Å². The molecule has 1 aliphatic carbocycles. The van der Waals surface area contributed by atoms with Crippen molar-refractivity contribution in [1.29, 1.82) is 0 Å². The van der Waals surface area contributed by atoms with E-state index < -0.39 is 0 Å². The van der Waals surface area contributed by atoms with E-state index >= 15 is 0 Å². The Morgan fingerprint density at radius 1 is 0.842 bits per heavy atom. The van der Waals surface area contributed by atoms with Crippen molar-refractivity contribution in [3.05, 3.63) is 59.2 Å². The molecule has 2 heteroatoms. The fraction of sp³-hybridized carbons (Fsp3) is 0.294. The number of benzene rings is 2. The zero-order chi connectivity index (χ0) is 13.2. The molecule has 0 spiro atoms. The summed E-state index contributed by atoms with van der Waals surface area (Å²) in [6, 6.07) is 15.9. The number of hydrogen-bond acceptors (Lipinski definition) is 0. The minimum absolute atomic E-state index is 0.828. The lowest BCUT2D eigenvalue weighted by atomic mass is 10.00. The summed E-state index contributed by atoms with van der Waals surface area (Å²) in [6.45, 7) is 0. The van der Waals surface area contributed by atoms with Crippen molar-refractivity contribution < 1.29 is 0 Å². The van der Waals surface area contributed by atoms with E-state index in [-0.39, 0.29) is 0 Å². The van der Waals surface area contributed by atoms with Crippen molar-refractivity contribution in [3.8, 4) is 11.1 Å². The molecule has 3 atom stereocenters. The Morgan fingerprint density at radius 3 is 2.21 bits per heavy atom.